The molecule has 1 heterocycles. The van der Waals surface area contributed by atoms with Gasteiger partial charge in [-0.25, -0.2) is 4.39 Å². The molecule has 0 spiro atoms. The maximum atomic E-state index is 13.3. The van der Waals surface area contributed by atoms with Crippen LogP contribution in [0.25, 0.3) is 0 Å². The molecule has 0 N–H and O–H groups in total. The summed E-state index contributed by atoms with van der Waals surface area (Å²) in [6, 6.07) is 7.96. The monoisotopic (exact) mass is 246 g/mol. The van der Waals surface area contributed by atoms with Crippen LogP contribution in [0.1, 0.15) is 44.2 Å². The third kappa shape index (κ3) is 2.54. The van der Waals surface area contributed by atoms with Crippen molar-refractivity contribution in [2.45, 2.75) is 51.7 Å². The zero-order valence-electron chi connectivity index (χ0n) is 11.0. The van der Waals surface area contributed by atoms with Gasteiger partial charge in [0.05, 0.1) is 5.56 Å². The number of halogens is 1. The van der Waals surface area contributed by atoms with Crippen molar-refractivity contribution in [3.63, 3.8) is 0 Å². The van der Waals surface area contributed by atoms with Crippen molar-refractivity contribution >= 4 is 0 Å². The number of nitriles is 1. The molecule has 96 valence electrons. The molecule has 1 saturated heterocycles. The van der Waals surface area contributed by atoms with Crippen molar-refractivity contribution in [1.29, 1.82) is 5.26 Å². The molecule has 0 radical (unpaired) electrons. The molecule has 2 rings (SSSR count). The van der Waals surface area contributed by atoms with Gasteiger partial charge in [0.1, 0.15) is 11.9 Å². The number of benzene rings is 1. The van der Waals surface area contributed by atoms with Crippen molar-refractivity contribution in [3.8, 4) is 6.07 Å². The zero-order valence-corrected chi connectivity index (χ0v) is 11.0. The molecule has 1 aliphatic rings. The van der Waals surface area contributed by atoms with Crippen LogP contribution in [-0.4, -0.2) is 17.0 Å². The molecule has 0 bridgehead atoms. The first-order chi connectivity index (χ1) is 8.65. The number of rotatable bonds is 3. The highest BCUT2D eigenvalue weighted by Gasteiger charge is 2.29. The summed E-state index contributed by atoms with van der Waals surface area (Å²) in [6.45, 7) is 5.26. The van der Waals surface area contributed by atoms with Crippen LogP contribution in [-0.2, 0) is 6.54 Å². The molecule has 1 aromatic rings. The highest BCUT2D eigenvalue weighted by molar-refractivity contribution is 5.34. The Morgan fingerprint density at radius 3 is 2.89 bits per heavy atom. The Morgan fingerprint density at radius 2 is 2.22 bits per heavy atom. The number of nitrogens with zero attached hydrogens (tertiary/aromatic N) is 2. The van der Waals surface area contributed by atoms with E-state index in [9.17, 15) is 4.39 Å². The van der Waals surface area contributed by atoms with E-state index < -0.39 is 5.82 Å². The van der Waals surface area contributed by atoms with Crippen LogP contribution in [0.4, 0.5) is 4.39 Å². The van der Waals surface area contributed by atoms with Crippen LogP contribution in [0.5, 0.6) is 0 Å². The molecular formula is C15H19FN2. The molecule has 1 aromatic carbocycles. The summed E-state index contributed by atoms with van der Waals surface area (Å²) < 4.78 is 13.3. The Kier molecular flexibility index (Phi) is 3.98. The van der Waals surface area contributed by atoms with E-state index in [1.54, 1.807) is 12.1 Å². The maximum absolute atomic E-state index is 13.3. The lowest BCUT2D eigenvalue weighted by molar-refractivity contribution is 0.189. The van der Waals surface area contributed by atoms with Gasteiger partial charge >= 0.3 is 0 Å². The SMILES string of the molecule is CCC1CCC(C)N1Cc1ccc(F)c(C#N)c1. The van der Waals surface area contributed by atoms with E-state index in [2.05, 4.69) is 18.7 Å². The van der Waals surface area contributed by atoms with Crippen molar-refractivity contribution in [2.24, 2.45) is 0 Å². The van der Waals surface area contributed by atoms with Crippen molar-refractivity contribution in [3.05, 3.63) is 35.1 Å². The van der Waals surface area contributed by atoms with Gasteiger partial charge in [-0.2, -0.15) is 5.26 Å². The van der Waals surface area contributed by atoms with Gasteiger partial charge < -0.3 is 0 Å². The van der Waals surface area contributed by atoms with E-state index in [0.717, 1.165) is 18.5 Å². The number of likely N-dealkylation sites (tertiary alicyclic amines) is 1. The van der Waals surface area contributed by atoms with E-state index in [-0.39, 0.29) is 5.56 Å². The van der Waals surface area contributed by atoms with E-state index in [4.69, 9.17) is 5.26 Å². The van der Waals surface area contributed by atoms with Gasteiger partial charge in [-0.15, -0.1) is 0 Å². The van der Waals surface area contributed by atoms with Gasteiger partial charge in [0.15, 0.2) is 0 Å². The molecule has 2 nitrogen and oxygen atoms in total. The lowest BCUT2D eigenvalue weighted by atomic mass is 10.1. The molecule has 2 unspecified atom stereocenters. The summed E-state index contributed by atoms with van der Waals surface area (Å²) in [5.74, 6) is -0.428. The summed E-state index contributed by atoms with van der Waals surface area (Å²) in [7, 11) is 0. The first-order valence-electron chi connectivity index (χ1n) is 6.60. The zero-order chi connectivity index (χ0) is 13.1. The minimum absolute atomic E-state index is 0.146. The predicted molar refractivity (Wildman–Crippen MR) is 69.4 cm³/mol. The largest absolute Gasteiger partial charge is 0.293 e. The van der Waals surface area contributed by atoms with E-state index >= 15 is 0 Å². The summed E-state index contributed by atoms with van der Waals surface area (Å²) >= 11 is 0. The highest BCUT2D eigenvalue weighted by atomic mass is 19.1. The average Bonchev–Trinajstić information content (AvgIpc) is 2.73. The fraction of sp³-hybridized carbons (Fsp3) is 0.533. The second kappa shape index (κ2) is 5.49. The average molecular weight is 246 g/mol. The summed E-state index contributed by atoms with van der Waals surface area (Å²) in [6.07, 6.45) is 3.62. The molecule has 0 saturated carbocycles. The van der Waals surface area contributed by atoms with Gasteiger partial charge in [0.2, 0.25) is 0 Å². The Morgan fingerprint density at radius 1 is 1.44 bits per heavy atom. The quantitative estimate of drug-likeness (QED) is 0.816. The fourth-order valence-corrected chi connectivity index (χ4v) is 2.82. The molecule has 0 amide bonds. The van der Waals surface area contributed by atoms with Crippen molar-refractivity contribution < 1.29 is 4.39 Å². The topological polar surface area (TPSA) is 27.0 Å². The second-order valence-corrected chi connectivity index (χ2v) is 5.09. The first kappa shape index (κ1) is 13.0. The summed E-state index contributed by atoms with van der Waals surface area (Å²) in [5.41, 5.74) is 1.17. The Labute approximate surface area is 108 Å². The van der Waals surface area contributed by atoms with Gasteiger partial charge in [0, 0.05) is 18.6 Å². The molecule has 3 heteroatoms. The van der Waals surface area contributed by atoms with Crippen LogP contribution < -0.4 is 0 Å². The highest BCUT2D eigenvalue weighted by Crippen LogP contribution is 2.28. The number of hydrogen-bond donors (Lipinski definition) is 0. The molecular weight excluding hydrogens is 227 g/mol. The summed E-state index contributed by atoms with van der Waals surface area (Å²) in [4.78, 5) is 2.47. The third-order valence-corrected chi connectivity index (χ3v) is 3.94. The lowest BCUT2D eigenvalue weighted by Gasteiger charge is -2.27. The van der Waals surface area contributed by atoms with E-state index in [1.165, 1.54) is 18.9 Å². The molecule has 0 aromatic heterocycles. The normalized spacial score (nSPS) is 24.1. The molecule has 18 heavy (non-hydrogen) atoms. The fourth-order valence-electron chi connectivity index (χ4n) is 2.82. The maximum Gasteiger partial charge on any atom is 0.140 e. The second-order valence-electron chi connectivity index (χ2n) is 5.09. The van der Waals surface area contributed by atoms with E-state index in [1.807, 2.05) is 6.07 Å². The minimum Gasteiger partial charge on any atom is -0.293 e. The van der Waals surface area contributed by atoms with Crippen LogP contribution >= 0.6 is 0 Å². The van der Waals surface area contributed by atoms with Gasteiger partial charge in [0.25, 0.3) is 0 Å². The van der Waals surface area contributed by atoms with Gasteiger partial charge in [-0.05, 0) is 43.9 Å². The predicted octanol–water partition coefficient (Wildman–Crippen LogP) is 3.46. The van der Waals surface area contributed by atoms with Crippen LogP contribution in [0.15, 0.2) is 18.2 Å². The Hall–Kier alpha value is -1.40. The molecule has 1 aliphatic heterocycles. The van der Waals surface area contributed by atoms with Crippen molar-refractivity contribution in [2.75, 3.05) is 0 Å². The molecule has 2 atom stereocenters. The standard InChI is InChI=1S/C15H19FN2/c1-3-14-6-4-11(2)18(14)10-12-5-7-15(16)13(8-12)9-17/h5,7-8,11,14H,3-4,6,10H2,1-2H3. The smallest absolute Gasteiger partial charge is 0.140 e. The minimum atomic E-state index is -0.428. The van der Waals surface area contributed by atoms with Crippen LogP contribution in [0.2, 0.25) is 0 Å². The Bertz CT molecular complexity index is 464. The number of hydrogen-bond acceptors (Lipinski definition) is 2. The summed E-state index contributed by atoms with van der Waals surface area (Å²) in [5, 5.41) is 8.85. The first-order valence-corrected chi connectivity index (χ1v) is 6.60. The van der Waals surface area contributed by atoms with Gasteiger partial charge in [-0.1, -0.05) is 13.0 Å². The van der Waals surface area contributed by atoms with Crippen LogP contribution in [0, 0.1) is 17.1 Å². The Balaban J connectivity index is 2.16. The van der Waals surface area contributed by atoms with Crippen LogP contribution in [0.3, 0.4) is 0 Å². The third-order valence-electron chi connectivity index (χ3n) is 3.94. The van der Waals surface area contributed by atoms with Crippen molar-refractivity contribution in [1.82, 2.24) is 4.90 Å². The lowest BCUT2D eigenvalue weighted by Crippen LogP contribution is -2.33. The van der Waals surface area contributed by atoms with E-state index in [0.29, 0.717) is 12.1 Å². The van der Waals surface area contributed by atoms with Gasteiger partial charge in [-0.3, -0.25) is 4.90 Å². The molecule has 1 fully saturated rings. The molecule has 0 aliphatic carbocycles.